The zero-order valence-corrected chi connectivity index (χ0v) is 12.5. The zero-order valence-electron chi connectivity index (χ0n) is 11.7. The van der Waals surface area contributed by atoms with E-state index in [1.165, 1.54) is 18.2 Å². The van der Waals surface area contributed by atoms with E-state index in [9.17, 15) is 9.18 Å². The van der Waals surface area contributed by atoms with Gasteiger partial charge in [-0.1, -0.05) is 11.6 Å². The van der Waals surface area contributed by atoms with Crippen molar-refractivity contribution in [2.24, 2.45) is 0 Å². The standard InChI is InChI=1S/C16H15ClFNO2/c1-3-21-15-7-5-12(9-14(15)17)19-16(20)13-6-4-11(18)8-10(13)2/h4-9H,3H2,1-2H3,(H,19,20). The molecule has 0 aliphatic carbocycles. The average molecular weight is 308 g/mol. The number of nitrogens with one attached hydrogen (secondary N) is 1. The van der Waals surface area contributed by atoms with Crippen molar-refractivity contribution in [1.29, 1.82) is 0 Å². The number of benzene rings is 2. The summed E-state index contributed by atoms with van der Waals surface area (Å²) >= 11 is 6.06. The molecular formula is C16H15ClFNO2. The Morgan fingerprint density at radius 1 is 1.29 bits per heavy atom. The minimum atomic E-state index is -0.367. The molecular weight excluding hydrogens is 293 g/mol. The van der Waals surface area contributed by atoms with Crippen LogP contribution in [-0.2, 0) is 0 Å². The van der Waals surface area contributed by atoms with Crippen molar-refractivity contribution in [3.05, 3.63) is 58.4 Å². The normalized spacial score (nSPS) is 10.3. The maximum atomic E-state index is 13.0. The molecule has 5 heteroatoms. The largest absolute Gasteiger partial charge is 0.492 e. The molecule has 0 unspecified atom stereocenters. The summed E-state index contributed by atoms with van der Waals surface area (Å²) in [5, 5.41) is 3.15. The number of carbonyl (C=O) groups excluding carboxylic acids is 1. The van der Waals surface area contributed by atoms with Crippen LogP contribution in [0.2, 0.25) is 5.02 Å². The molecule has 1 N–H and O–H groups in total. The van der Waals surface area contributed by atoms with Crippen LogP contribution in [0, 0.1) is 12.7 Å². The summed E-state index contributed by atoms with van der Waals surface area (Å²) in [5.74, 6) is -0.115. The first-order valence-electron chi connectivity index (χ1n) is 6.51. The number of hydrogen-bond donors (Lipinski definition) is 1. The fourth-order valence-electron chi connectivity index (χ4n) is 1.93. The van der Waals surface area contributed by atoms with Crippen molar-refractivity contribution in [1.82, 2.24) is 0 Å². The summed E-state index contributed by atoms with van der Waals surface area (Å²) in [6, 6.07) is 9.04. The second-order valence-corrected chi connectivity index (χ2v) is 4.90. The van der Waals surface area contributed by atoms with Crippen LogP contribution in [0.5, 0.6) is 5.75 Å². The van der Waals surface area contributed by atoms with E-state index >= 15 is 0 Å². The van der Waals surface area contributed by atoms with Gasteiger partial charge in [0.15, 0.2) is 0 Å². The first-order valence-corrected chi connectivity index (χ1v) is 6.89. The number of halogens is 2. The monoisotopic (exact) mass is 307 g/mol. The average Bonchev–Trinajstić information content (AvgIpc) is 2.41. The van der Waals surface area contributed by atoms with Crippen LogP contribution in [-0.4, -0.2) is 12.5 Å². The van der Waals surface area contributed by atoms with Gasteiger partial charge in [0.2, 0.25) is 0 Å². The predicted octanol–water partition coefficient (Wildman–Crippen LogP) is 4.44. The molecule has 0 saturated heterocycles. The van der Waals surface area contributed by atoms with Gasteiger partial charge in [0.25, 0.3) is 5.91 Å². The number of anilines is 1. The molecule has 0 fully saturated rings. The Kier molecular flexibility index (Phi) is 4.81. The number of hydrogen-bond acceptors (Lipinski definition) is 2. The van der Waals surface area contributed by atoms with E-state index in [0.717, 1.165) is 0 Å². The second-order valence-electron chi connectivity index (χ2n) is 4.49. The minimum Gasteiger partial charge on any atom is -0.492 e. The van der Waals surface area contributed by atoms with E-state index in [4.69, 9.17) is 16.3 Å². The van der Waals surface area contributed by atoms with Crippen molar-refractivity contribution in [2.75, 3.05) is 11.9 Å². The van der Waals surface area contributed by atoms with Gasteiger partial charge in [-0.2, -0.15) is 0 Å². The number of rotatable bonds is 4. The molecule has 0 spiro atoms. The van der Waals surface area contributed by atoms with Crippen molar-refractivity contribution in [2.45, 2.75) is 13.8 Å². The fraction of sp³-hybridized carbons (Fsp3) is 0.188. The summed E-state index contributed by atoms with van der Waals surface area (Å²) in [6.45, 7) is 4.06. The first kappa shape index (κ1) is 15.3. The topological polar surface area (TPSA) is 38.3 Å². The number of aryl methyl sites for hydroxylation is 1. The molecule has 0 atom stereocenters. The zero-order chi connectivity index (χ0) is 15.4. The summed E-state index contributed by atoms with van der Waals surface area (Å²) in [7, 11) is 0. The van der Waals surface area contributed by atoms with E-state index in [0.29, 0.717) is 34.2 Å². The molecule has 2 rings (SSSR count). The van der Waals surface area contributed by atoms with Gasteiger partial charge >= 0.3 is 0 Å². The second kappa shape index (κ2) is 6.59. The van der Waals surface area contributed by atoms with Crippen molar-refractivity contribution in [3.8, 4) is 5.75 Å². The van der Waals surface area contributed by atoms with Crippen LogP contribution >= 0.6 is 11.6 Å². The summed E-state index contributed by atoms with van der Waals surface area (Å²) in [5.41, 5.74) is 1.54. The lowest BCUT2D eigenvalue weighted by molar-refractivity contribution is 0.102. The van der Waals surface area contributed by atoms with Crippen LogP contribution in [0.25, 0.3) is 0 Å². The summed E-state index contributed by atoms with van der Waals surface area (Å²) < 4.78 is 18.4. The molecule has 0 bridgehead atoms. The molecule has 1 amide bonds. The highest BCUT2D eigenvalue weighted by molar-refractivity contribution is 6.32. The molecule has 0 radical (unpaired) electrons. The molecule has 21 heavy (non-hydrogen) atoms. The molecule has 0 aliphatic rings. The molecule has 2 aromatic carbocycles. The molecule has 0 aliphatic heterocycles. The summed E-state index contributed by atoms with van der Waals surface area (Å²) in [6.07, 6.45) is 0. The van der Waals surface area contributed by atoms with Crippen molar-refractivity contribution >= 4 is 23.2 Å². The van der Waals surface area contributed by atoms with E-state index in [1.807, 2.05) is 6.92 Å². The third-order valence-electron chi connectivity index (χ3n) is 2.92. The van der Waals surface area contributed by atoms with E-state index in [-0.39, 0.29) is 11.7 Å². The Labute approximate surface area is 127 Å². The van der Waals surface area contributed by atoms with Gasteiger partial charge in [-0.3, -0.25) is 4.79 Å². The van der Waals surface area contributed by atoms with Gasteiger partial charge in [0.1, 0.15) is 11.6 Å². The van der Waals surface area contributed by atoms with Crippen LogP contribution in [0.1, 0.15) is 22.8 Å². The Bertz CT molecular complexity index is 673. The maximum absolute atomic E-state index is 13.0. The maximum Gasteiger partial charge on any atom is 0.255 e. The third kappa shape index (κ3) is 3.73. The molecule has 3 nitrogen and oxygen atoms in total. The molecule has 0 heterocycles. The molecule has 110 valence electrons. The molecule has 0 saturated carbocycles. The highest BCUT2D eigenvalue weighted by Gasteiger charge is 2.11. The Hall–Kier alpha value is -2.07. The first-order chi connectivity index (χ1) is 10.0. The lowest BCUT2D eigenvalue weighted by Gasteiger charge is -2.10. The van der Waals surface area contributed by atoms with Gasteiger partial charge < -0.3 is 10.1 Å². The Balaban J connectivity index is 2.17. The Morgan fingerprint density at radius 3 is 2.67 bits per heavy atom. The van der Waals surface area contributed by atoms with E-state index < -0.39 is 0 Å². The van der Waals surface area contributed by atoms with E-state index in [1.54, 1.807) is 25.1 Å². The smallest absolute Gasteiger partial charge is 0.255 e. The number of ether oxygens (including phenoxy) is 1. The van der Waals surface area contributed by atoms with Gasteiger partial charge in [-0.25, -0.2) is 4.39 Å². The summed E-state index contributed by atoms with van der Waals surface area (Å²) in [4.78, 5) is 12.2. The quantitative estimate of drug-likeness (QED) is 0.907. The van der Waals surface area contributed by atoms with Crippen molar-refractivity contribution < 1.29 is 13.9 Å². The number of amides is 1. The SMILES string of the molecule is CCOc1ccc(NC(=O)c2ccc(F)cc2C)cc1Cl. The fourth-order valence-corrected chi connectivity index (χ4v) is 2.17. The van der Waals surface area contributed by atoms with Crippen LogP contribution in [0.15, 0.2) is 36.4 Å². The predicted molar refractivity (Wildman–Crippen MR) is 81.7 cm³/mol. The number of carbonyl (C=O) groups is 1. The lowest BCUT2D eigenvalue weighted by Crippen LogP contribution is -2.13. The van der Waals surface area contributed by atoms with Crippen molar-refractivity contribution in [3.63, 3.8) is 0 Å². The highest BCUT2D eigenvalue weighted by Crippen LogP contribution is 2.28. The minimum absolute atomic E-state index is 0.312. The van der Waals surface area contributed by atoms with Crippen LogP contribution in [0.3, 0.4) is 0 Å². The molecule has 2 aromatic rings. The third-order valence-corrected chi connectivity index (χ3v) is 3.22. The van der Waals surface area contributed by atoms with Crippen LogP contribution < -0.4 is 10.1 Å². The molecule has 0 aromatic heterocycles. The van der Waals surface area contributed by atoms with Crippen LogP contribution in [0.4, 0.5) is 10.1 Å². The van der Waals surface area contributed by atoms with Gasteiger partial charge in [0.05, 0.1) is 11.6 Å². The van der Waals surface area contributed by atoms with Gasteiger partial charge in [0, 0.05) is 11.3 Å². The van der Waals surface area contributed by atoms with Gasteiger partial charge in [-0.15, -0.1) is 0 Å². The van der Waals surface area contributed by atoms with Gasteiger partial charge in [-0.05, 0) is 55.8 Å². The highest BCUT2D eigenvalue weighted by atomic mass is 35.5. The lowest BCUT2D eigenvalue weighted by atomic mass is 10.1. The van der Waals surface area contributed by atoms with E-state index in [2.05, 4.69) is 5.32 Å². The Morgan fingerprint density at radius 2 is 2.05 bits per heavy atom.